The molecule has 2 aliphatic heterocycles. The standard InChI is InChI=1S/C18H34N2O/c1-15(2)12-16-13-19-18(8-3-4-9-18)14-20(16)10-7-17-6-5-11-21-17/h15-17,19H,3-14H2,1-2H3. The Hall–Kier alpha value is -0.120. The Kier molecular flexibility index (Phi) is 5.23. The molecular formula is C18H34N2O. The van der Waals surface area contributed by atoms with Crippen LogP contribution in [0.3, 0.4) is 0 Å². The predicted molar refractivity (Wildman–Crippen MR) is 87.6 cm³/mol. The van der Waals surface area contributed by atoms with Crippen LogP contribution >= 0.6 is 0 Å². The summed E-state index contributed by atoms with van der Waals surface area (Å²) in [5.74, 6) is 0.791. The molecule has 3 nitrogen and oxygen atoms in total. The monoisotopic (exact) mass is 294 g/mol. The van der Waals surface area contributed by atoms with Crippen molar-refractivity contribution in [3.05, 3.63) is 0 Å². The number of nitrogens with one attached hydrogen (secondary N) is 1. The van der Waals surface area contributed by atoms with Crippen molar-refractivity contribution in [2.45, 2.75) is 82.9 Å². The number of nitrogens with zero attached hydrogens (tertiary/aromatic N) is 1. The van der Waals surface area contributed by atoms with E-state index < -0.39 is 0 Å². The van der Waals surface area contributed by atoms with Crippen LogP contribution in [0.4, 0.5) is 0 Å². The second-order valence-corrected chi connectivity index (χ2v) is 8.05. The third-order valence-electron chi connectivity index (χ3n) is 5.80. The maximum Gasteiger partial charge on any atom is 0.0588 e. The van der Waals surface area contributed by atoms with Crippen LogP contribution in [-0.2, 0) is 4.74 Å². The minimum Gasteiger partial charge on any atom is -0.378 e. The Bertz CT molecular complexity index is 319. The molecular weight excluding hydrogens is 260 g/mol. The zero-order valence-electron chi connectivity index (χ0n) is 14.1. The van der Waals surface area contributed by atoms with Crippen LogP contribution in [0.15, 0.2) is 0 Å². The van der Waals surface area contributed by atoms with E-state index in [9.17, 15) is 0 Å². The van der Waals surface area contributed by atoms with E-state index in [1.54, 1.807) is 0 Å². The summed E-state index contributed by atoms with van der Waals surface area (Å²) in [4.78, 5) is 2.81. The first-order valence-corrected chi connectivity index (χ1v) is 9.28. The van der Waals surface area contributed by atoms with Crippen LogP contribution in [0.1, 0.15) is 65.2 Å². The van der Waals surface area contributed by atoms with E-state index in [0.717, 1.165) is 18.6 Å². The summed E-state index contributed by atoms with van der Waals surface area (Å²) < 4.78 is 5.84. The molecule has 0 aromatic heterocycles. The fraction of sp³-hybridized carbons (Fsp3) is 1.00. The minimum absolute atomic E-state index is 0.448. The fourth-order valence-electron chi connectivity index (χ4n) is 4.64. The Morgan fingerprint density at radius 2 is 2.05 bits per heavy atom. The highest BCUT2D eigenvalue weighted by molar-refractivity contribution is 5.01. The van der Waals surface area contributed by atoms with Crippen LogP contribution in [0, 0.1) is 5.92 Å². The summed E-state index contributed by atoms with van der Waals surface area (Å²) in [5.41, 5.74) is 0.448. The van der Waals surface area contributed by atoms with Gasteiger partial charge < -0.3 is 10.1 Å². The van der Waals surface area contributed by atoms with Crippen molar-refractivity contribution in [1.82, 2.24) is 10.2 Å². The molecule has 0 aromatic carbocycles. The molecule has 1 N–H and O–H groups in total. The molecule has 1 aliphatic carbocycles. The second-order valence-electron chi connectivity index (χ2n) is 8.05. The van der Waals surface area contributed by atoms with Gasteiger partial charge in [0.05, 0.1) is 6.10 Å². The largest absolute Gasteiger partial charge is 0.378 e. The SMILES string of the molecule is CC(C)CC1CNC2(CCCC2)CN1CCC1CCCO1. The lowest BCUT2D eigenvalue weighted by Crippen LogP contribution is -2.63. The topological polar surface area (TPSA) is 24.5 Å². The van der Waals surface area contributed by atoms with Crippen molar-refractivity contribution < 1.29 is 4.74 Å². The van der Waals surface area contributed by atoms with Gasteiger partial charge in [0.2, 0.25) is 0 Å². The molecule has 122 valence electrons. The average molecular weight is 294 g/mol. The molecule has 0 bridgehead atoms. The smallest absolute Gasteiger partial charge is 0.0588 e. The van der Waals surface area contributed by atoms with Crippen molar-refractivity contribution in [1.29, 1.82) is 0 Å². The van der Waals surface area contributed by atoms with Crippen molar-refractivity contribution >= 4 is 0 Å². The molecule has 2 saturated heterocycles. The molecule has 1 saturated carbocycles. The molecule has 21 heavy (non-hydrogen) atoms. The zero-order valence-corrected chi connectivity index (χ0v) is 14.1. The summed E-state index contributed by atoms with van der Waals surface area (Å²) in [6, 6.07) is 0.734. The highest BCUT2D eigenvalue weighted by atomic mass is 16.5. The molecule has 0 aromatic rings. The summed E-state index contributed by atoms with van der Waals surface area (Å²) in [6.45, 7) is 9.42. The molecule has 2 unspecified atom stereocenters. The van der Waals surface area contributed by atoms with E-state index in [4.69, 9.17) is 4.74 Å². The third-order valence-corrected chi connectivity index (χ3v) is 5.80. The third kappa shape index (κ3) is 4.00. The van der Waals surface area contributed by atoms with Crippen LogP contribution < -0.4 is 5.32 Å². The van der Waals surface area contributed by atoms with Crippen molar-refractivity contribution in [3.8, 4) is 0 Å². The van der Waals surface area contributed by atoms with Gasteiger partial charge >= 0.3 is 0 Å². The van der Waals surface area contributed by atoms with Crippen LogP contribution in [0.25, 0.3) is 0 Å². The van der Waals surface area contributed by atoms with Gasteiger partial charge in [0.15, 0.2) is 0 Å². The normalized spacial score (nSPS) is 33.3. The number of hydrogen-bond acceptors (Lipinski definition) is 3. The molecule has 2 heterocycles. The molecule has 2 atom stereocenters. The van der Waals surface area contributed by atoms with Gasteiger partial charge in [-0.25, -0.2) is 0 Å². The van der Waals surface area contributed by atoms with Crippen LogP contribution in [0.5, 0.6) is 0 Å². The van der Waals surface area contributed by atoms with E-state index in [0.29, 0.717) is 11.6 Å². The Morgan fingerprint density at radius 3 is 2.71 bits per heavy atom. The van der Waals surface area contributed by atoms with Crippen molar-refractivity contribution in [2.75, 3.05) is 26.2 Å². The molecule has 0 radical (unpaired) electrons. The second kappa shape index (κ2) is 6.97. The average Bonchev–Trinajstić information content (AvgIpc) is 3.11. The first kappa shape index (κ1) is 15.8. The van der Waals surface area contributed by atoms with Gasteiger partial charge in [0, 0.05) is 37.8 Å². The number of hydrogen-bond donors (Lipinski definition) is 1. The summed E-state index contributed by atoms with van der Waals surface area (Å²) in [7, 11) is 0. The van der Waals surface area contributed by atoms with Gasteiger partial charge in [-0.1, -0.05) is 26.7 Å². The van der Waals surface area contributed by atoms with E-state index in [-0.39, 0.29) is 0 Å². The molecule has 1 spiro atoms. The first-order chi connectivity index (χ1) is 10.2. The first-order valence-electron chi connectivity index (χ1n) is 9.28. The summed E-state index contributed by atoms with van der Waals surface area (Å²) >= 11 is 0. The van der Waals surface area contributed by atoms with Crippen LogP contribution in [-0.4, -0.2) is 48.8 Å². The fourth-order valence-corrected chi connectivity index (χ4v) is 4.64. The van der Waals surface area contributed by atoms with Crippen LogP contribution in [0.2, 0.25) is 0 Å². The van der Waals surface area contributed by atoms with Gasteiger partial charge in [-0.2, -0.15) is 0 Å². The van der Waals surface area contributed by atoms with Gasteiger partial charge in [-0.3, -0.25) is 4.90 Å². The lowest BCUT2D eigenvalue weighted by molar-refractivity contribution is 0.0438. The number of piperazine rings is 1. The predicted octanol–water partition coefficient (Wildman–Crippen LogP) is 3.19. The molecule has 0 amide bonds. The molecule has 3 rings (SSSR count). The molecule has 3 fully saturated rings. The van der Waals surface area contributed by atoms with Crippen molar-refractivity contribution in [2.24, 2.45) is 5.92 Å². The Morgan fingerprint density at radius 1 is 1.24 bits per heavy atom. The maximum atomic E-state index is 5.84. The molecule has 3 aliphatic rings. The number of rotatable bonds is 5. The number of ether oxygens (including phenoxy) is 1. The van der Waals surface area contributed by atoms with E-state index in [1.165, 1.54) is 71.0 Å². The quantitative estimate of drug-likeness (QED) is 0.843. The minimum atomic E-state index is 0.448. The highest BCUT2D eigenvalue weighted by Crippen LogP contribution is 2.34. The highest BCUT2D eigenvalue weighted by Gasteiger charge is 2.41. The van der Waals surface area contributed by atoms with Gasteiger partial charge in [-0.15, -0.1) is 0 Å². The van der Waals surface area contributed by atoms with Gasteiger partial charge in [0.1, 0.15) is 0 Å². The van der Waals surface area contributed by atoms with E-state index >= 15 is 0 Å². The molecule has 3 heteroatoms. The van der Waals surface area contributed by atoms with E-state index in [2.05, 4.69) is 24.1 Å². The Labute approximate surface area is 130 Å². The lowest BCUT2D eigenvalue weighted by atomic mass is 9.89. The van der Waals surface area contributed by atoms with Gasteiger partial charge in [0.25, 0.3) is 0 Å². The Balaban J connectivity index is 1.58. The van der Waals surface area contributed by atoms with Crippen molar-refractivity contribution in [3.63, 3.8) is 0 Å². The summed E-state index contributed by atoms with van der Waals surface area (Å²) in [5, 5.41) is 3.93. The zero-order chi connectivity index (χ0) is 14.7. The lowest BCUT2D eigenvalue weighted by Gasteiger charge is -2.47. The maximum absolute atomic E-state index is 5.84. The van der Waals surface area contributed by atoms with E-state index in [1.807, 2.05) is 0 Å². The summed E-state index contributed by atoms with van der Waals surface area (Å²) in [6.07, 6.45) is 11.3. The van der Waals surface area contributed by atoms with Gasteiger partial charge in [-0.05, 0) is 44.4 Å².